The van der Waals surface area contributed by atoms with Crippen LogP contribution in [0, 0.1) is 16.0 Å². The zero-order valence-corrected chi connectivity index (χ0v) is 16.1. The van der Waals surface area contributed by atoms with Crippen LogP contribution in [0.15, 0.2) is 29.3 Å². The number of thioether (sulfide) groups is 2. The minimum atomic E-state index is -1.12. The van der Waals surface area contributed by atoms with E-state index in [4.69, 9.17) is 16.6 Å². The summed E-state index contributed by atoms with van der Waals surface area (Å²) in [4.78, 5) is 28.5. The maximum atomic E-state index is 12.9. The molecule has 0 aliphatic carbocycles. The Labute approximate surface area is 154 Å². The van der Waals surface area contributed by atoms with Crippen molar-refractivity contribution in [1.82, 2.24) is 0 Å². The fraction of sp³-hybridized carbons (Fsp3) is 0.500. The average molecular weight is 387 g/mol. The second kappa shape index (κ2) is 7.89. The molecule has 0 fully saturated rings. The Hall–Kier alpha value is -1.05. The highest BCUT2D eigenvalue weighted by Crippen LogP contribution is 2.47. The van der Waals surface area contributed by atoms with Crippen LogP contribution < -0.4 is 0 Å². The zero-order valence-electron chi connectivity index (χ0n) is 13.7. The number of hydrogen-bond acceptors (Lipinski definition) is 6. The summed E-state index contributed by atoms with van der Waals surface area (Å²) in [6, 6.07) is 6.88. The van der Waals surface area contributed by atoms with Gasteiger partial charge in [0.1, 0.15) is 9.91 Å². The van der Waals surface area contributed by atoms with Gasteiger partial charge in [-0.2, -0.15) is 0 Å². The van der Waals surface area contributed by atoms with Crippen LogP contribution in [0.25, 0.3) is 0 Å². The SMILES string of the molecule is CCSC1=N[C@@](C(C)C)([C@H](C[N+](=O)[O-])c2ccc(Cl)cc2)C(=O)S1. The van der Waals surface area contributed by atoms with Crippen LogP contribution in [0.4, 0.5) is 0 Å². The van der Waals surface area contributed by atoms with E-state index < -0.39 is 11.5 Å². The van der Waals surface area contributed by atoms with E-state index in [0.717, 1.165) is 17.5 Å². The number of halogens is 1. The first-order valence-corrected chi connectivity index (χ1v) is 9.81. The molecule has 0 bridgehead atoms. The van der Waals surface area contributed by atoms with Crippen molar-refractivity contribution in [1.29, 1.82) is 0 Å². The molecule has 0 saturated heterocycles. The first-order chi connectivity index (χ1) is 11.3. The molecule has 0 saturated carbocycles. The number of carbonyl (C=O) groups is 1. The molecular weight excluding hydrogens is 368 g/mol. The number of carbonyl (C=O) groups excluding carboxylic acids is 1. The number of hydrogen-bond donors (Lipinski definition) is 0. The number of rotatable bonds is 6. The van der Waals surface area contributed by atoms with Gasteiger partial charge in [-0.05, 0) is 41.1 Å². The third-order valence-electron chi connectivity index (χ3n) is 4.07. The maximum Gasteiger partial charge on any atom is 0.224 e. The minimum Gasteiger partial charge on any atom is -0.284 e. The van der Waals surface area contributed by atoms with Gasteiger partial charge in [0, 0.05) is 9.95 Å². The number of nitrogens with zero attached hydrogens (tertiary/aromatic N) is 2. The van der Waals surface area contributed by atoms with Crippen LogP contribution in [-0.4, -0.2) is 32.3 Å². The maximum absolute atomic E-state index is 12.9. The van der Waals surface area contributed by atoms with Gasteiger partial charge in [-0.1, -0.05) is 56.3 Å². The molecule has 1 aromatic carbocycles. The van der Waals surface area contributed by atoms with Gasteiger partial charge in [0.2, 0.25) is 11.7 Å². The molecule has 0 radical (unpaired) electrons. The zero-order chi connectivity index (χ0) is 17.9. The van der Waals surface area contributed by atoms with Gasteiger partial charge in [-0.15, -0.1) is 0 Å². The third-order valence-corrected chi connectivity index (χ3v) is 6.33. The van der Waals surface area contributed by atoms with Gasteiger partial charge in [0.25, 0.3) is 0 Å². The van der Waals surface area contributed by atoms with Crippen LogP contribution in [0.2, 0.25) is 5.02 Å². The molecule has 8 heteroatoms. The highest BCUT2D eigenvalue weighted by molar-refractivity contribution is 8.45. The van der Waals surface area contributed by atoms with Gasteiger partial charge >= 0.3 is 0 Å². The van der Waals surface area contributed by atoms with Crippen molar-refractivity contribution >= 4 is 44.6 Å². The smallest absolute Gasteiger partial charge is 0.224 e. The summed E-state index contributed by atoms with van der Waals surface area (Å²) in [6.07, 6.45) is 0. The molecule has 130 valence electrons. The Morgan fingerprint density at radius 3 is 2.50 bits per heavy atom. The fourth-order valence-electron chi connectivity index (χ4n) is 2.90. The summed E-state index contributed by atoms with van der Waals surface area (Å²) < 4.78 is 0.693. The Kier molecular flexibility index (Phi) is 6.33. The van der Waals surface area contributed by atoms with Crippen LogP contribution in [0.5, 0.6) is 0 Å². The lowest BCUT2D eigenvalue weighted by Crippen LogP contribution is -2.46. The second-order valence-corrected chi connectivity index (χ2v) is 8.71. The Bertz CT molecular complexity index is 664. The molecule has 0 amide bonds. The first kappa shape index (κ1) is 19.3. The number of nitro groups is 1. The van der Waals surface area contributed by atoms with Gasteiger partial charge < -0.3 is 0 Å². The van der Waals surface area contributed by atoms with Crippen LogP contribution in [0.1, 0.15) is 32.3 Å². The molecule has 1 aliphatic rings. The standard InChI is InChI=1S/C16H19ClN2O3S2/c1-4-23-15-18-16(10(2)3,14(20)24-15)13(9-19(21)22)11-5-7-12(17)8-6-11/h5-8,10,13H,4,9H2,1-3H3/t13-,16+/m1/s1. The van der Waals surface area contributed by atoms with Crippen molar-refractivity contribution in [3.05, 3.63) is 45.0 Å². The topological polar surface area (TPSA) is 72.6 Å². The quantitative estimate of drug-likeness (QED) is 0.532. The second-order valence-electron chi connectivity index (χ2n) is 5.80. The van der Waals surface area contributed by atoms with Crippen molar-refractivity contribution in [3.8, 4) is 0 Å². The molecule has 0 spiro atoms. The van der Waals surface area contributed by atoms with Gasteiger partial charge in [0.15, 0.2) is 0 Å². The molecular formula is C16H19ClN2O3S2. The molecule has 0 unspecified atom stereocenters. The lowest BCUT2D eigenvalue weighted by Gasteiger charge is -2.34. The molecule has 0 aromatic heterocycles. The van der Waals surface area contributed by atoms with Gasteiger partial charge in [0.05, 0.1) is 5.92 Å². The third kappa shape index (κ3) is 3.78. The Balaban J connectivity index is 2.56. The number of benzene rings is 1. The van der Waals surface area contributed by atoms with Crippen LogP contribution >= 0.6 is 35.1 Å². The van der Waals surface area contributed by atoms with Crippen molar-refractivity contribution in [2.24, 2.45) is 10.9 Å². The van der Waals surface area contributed by atoms with Crippen molar-refractivity contribution in [3.63, 3.8) is 0 Å². The highest BCUT2D eigenvalue weighted by Gasteiger charge is 2.54. The monoisotopic (exact) mass is 386 g/mol. The minimum absolute atomic E-state index is 0.116. The van der Waals surface area contributed by atoms with E-state index in [2.05, 4.69) is 0 Å². The summed E-state index contributed by atoms with van der Waals surface area (Å²) in [5.41, 5.74) is -0.409. The molecule has 1 aliphatic heterocycles. The fourth-order valence-corrected chi connectivity index (χ4v) is 5.24. The summed E-state index contributed by atoms with van der Waals surface area (Å²) in [5.74, 6) is 0.0153. The summed E-state index contributed by atoms with van der Waals surface area (Å²) in [6.45, 7) is 5.43. The van der Waals surface area contributed by atoms with Crippen molar-refractivity contribution < 1.29 is 9.72 Å². The van der Waals surface area contributed by atoms with E-state index in [9.17, 15) is 14.9 Å². The Morgan fingerprint density at radius 1 is 1.38 bits per heavy atom. The highest BCUT2D eigenvalue weighted by atomic mass is 35.5. The van der Waals surface area contributed by atoms with E-state index in [1.54, 1.807) is 24.3 Å². The van der Waals surface area contributed by atoms with E-state index in [-0.39, 0.29) is 22.5 Å². The molecule has 2 rings (SSSR count). The van der Waals surface area contributed by atoms with E-state index in [1.807, 2.05) is 20.8 Å². The van der Waals surface area contributed by atoms with Crippen LogP contribution in [0.3, 0.4) is 0 Å². The first-order valence-electron chi connectivity index (χ1n) is 7.63. The van der Waals surface area contributed by atoms with Crippen LogP contribution in [-0.2, 0) is 4.79 Å². The van der Waals surface area contributed by atoms with Gasteiger partial charge in [-0.3, -0.25) is 19.9 Å². The van der Waals surface area contributed by atoms with E-state index >= 15 is 0 Å². The summed E-state index contributed by atoms with van der Waals surface area (Å²) in [7, 11) is 0. The van der Waals surface area contributed by atoms with Crippen molar-refractivity contribution in [2.45, 2.75) is 32.2 Å². The lowest BCUT2D eigenvalue weighted by molar-refractivity contribution is -0.484. The predicted octanol–water partition coefficient (Wildman–Crippen LogP) is 4.48. The molecule has 0 N–H and O–H groups in total. The molecule has 1 aromatic rings. The predicted molar refractivity (Wildman–Crippen MR) is 102 cm³/mol. The van der Waals surface area contributed by atoms with E-state index in [1.165, 1.54) is 11.8 Å². The van der Waals surface area contributed by atoms with E-state index in [0.29, 0.717) is 15.0 Å². The Morgan fingerprint density at radius 2 is 2.00 bits per heavy atom. The summed E-state index contributed by atoms with van der Waals surface area (Å²) in [5, 5.41) is 11.7. The average Bonchev–Trinajstić information content (AvgIpc) is 2.83. The lowest BCUT2D eigenvalue weighted by atomic mass is 9.73. The number of aliphatic imine (C=N–C) groups is 1. The molecule has 1 heterocycles. The molecule has 2 atom stereocenters. The normalized spacial score (nSPS) is 21.9. The largest absolute Gasteiger partial charge is 0.284 e. The molecule has 5 nitrogen and oxygen atoms in total. The van der Waals surface area contributed by atoms with Gasteiger partial charge in [-0.25, -0.2) is 0 Å². The summed E-state index contributed by atoms with van der Waals surface area (Å²) >= 11 is 8.54. The molecule has 24 heavy (non-hydrogen) atoms. The van der Waals surface area contributed by atoms with Crippen molar-refractivity contribution in [2.75, 3.05) is 12.3 Å².